The fourth-order valence-corrected chi connectivity index (χ4v) is 3.71. The van der Waals surface area contributed by atoms with Crippen LogP contribution in [-0.4, -0.2) is 5.97 Å². The van der Waals surface area contributed by atoms with Crippen LogP contribution in [0.4, 0.5) is 13.2 Å². The molecule has 0 radical (unpaired) electrons. The first-order chi connectivity index (χ1) is 13.1. The molecule has 0 bridgehead atoms. The van der Waals surface area contributed by atoms with Gasteiger partial charge in [0.25, 0.3) is 0 Å². The Morgan fingerprint density at radius 2 is 1.79 bits per heavy atom. The minimum absolute atomic E-state index is 0.0384. The van der Waals surface area contributed by atoms with Crippen LogP contribution in [0.5, 0.6) is 0 Å². The van der Waals surface area contributed by atoms with E-state index in [4.69, 9.17) is 27.9 Å². The number of hydrogen-bond acceptors (Lipinski definition) is 2. The molecule has 0 amide bonds. The van der Waals surface area contributed by atoms with Crippen molar-refractivity contribution in [3.8, 4) is 11.1 Å². The molecule has 0 spiro atoms. The maximum atomic E-state index is 14.8. The van der Waals surface area contributed by atoms with Crippen molar-refractivity contribution in [3.05, 3.63) is 70.0 Å². The average molecular weight is 429 g/mol. The third kappa shape index (κ3) is 3.91. The van der Waals surface area contributed by atoms with E-state index in [0.717, 1.165) is 0 Å². The van der Waals surface area contributed by atoms with Crippen LogP contribution in [0.3, 0.4) is 0 Å². The molecule has 7 heteroatoms. The summed E-state index contributed by atoms with van der Waals surface area (Å²) < 4.78 is 48.3. The molecule has 1 aliphatic carbocycles. The van der Waals surface area contributed by atoms with E-state index in [1.807, 2.05) is 13.8 Å². The molecular formula is C21H17Cl2F3O2. The highest BCUT2D eigenvalue weighted by atomic mass is 35.5. The Labute approximate surface area is 170 Å². The van der Waals surface area contributed by atoms with Gasteiger partial charge in [0, 0.05) is 6.07 Å². The summed E-state index contributed by atoms with van der Waals surface area (Å²) in [5.74, 6) is -4.61. The summed E-state index contributed by atoms with van der Waals surface area (Å²) in [6.07, 6.45) is 1.54. The summed E-state index contributed by atoms with van der Waals surface area (Å²) in [6.45, 7) is 3.03. The Hall–Kier alpha value is -1.98. The topological polar surface area (TPSA) is 26.3 Å². The number of esters is 1. The third-order valence-electron chi connectivity index (χ3n) is 5.16. The highest BCUT2D eigenvalue weighted by molar-refractivity contribution is 6.55. The van der Waals surface area contributed by atoms with E-state index in [1.165, 1.54) is 12.1 Å². The van der Waals surface area contributed by atoms with Crippen molar-refractivity contribution in [2.24, 2.45) is 17.3 Å². The molecule has 2 atom stereocenters. The van der Waals surface area contributed by atoms with Gasteiger partial charge in [0.05, 0.1) is 17.0 Å². The van der Waals surface area contributed by atoms with Crippen molar-refractivity contribution in [2.75, 3.05) is 0 Å². The molecule has 3 rings (SSSR count). The fraction of sp³-hybridized carbons (Fsp3) is 0.286. The number of allylic oxidation sites excluding steroid dienone is 1. The van der Waals surface area contributed by atoms with Crippen LogP contribution in [0.15, 0.2) is 47.0 Å². The van der Waals surface area contributed by atoms with Crippen molar-refractivity contribution in [1.82, 2.24) is 0 Å². The van der Waals surface area contributed by atoms with Gasteiger partial charge < -0.3 is 4.74 Å². The van der Waals surface area contributed by atoms with Crippen molar-refractivity contribution in [2.45, 2.75) is 20.5 Å². The van der Waals surface area contributed by atoms with Crippen molar-refractivity contribution < 1.29 is 22.7 Å². The minimum atomic E-state index is -1.11. The van der Waals surface area contributed by atoms with Crippen LogP contribution >= 0.6 is 23.2 Å². The Morgan fingerprint density at radius 1 is 1.14 bits per heavy atom. The summed E-state index contributed by atoms with van der Waals surface area (Å²) in [5, 5.41) is 0. The SMILES string of the molecule is CC1(C)[C@H](C(=O)OCc2c(F)cc(F)c(-c3ccccc3)c2F)[C@@H]1C=C(Cl)Cl. The van der Waals surface area contributed by atoms with E-state index < -0.39 is 46.9 Å². The smallest absolute Gasteiger partial charge is 0.310 e. The highest BCUT2D eigenvalue weighted by Gasteiger charge is 2.61. The maximum absolute atomic E-state index is 14.8. The lowest BCUT2D eigenvalue weighted by molar-refractivity contribution is -0.147. The van der Waals surface area contributed by atoms with Crippen molar-refractivity contribution in [1.29, 1.82) is 0 Å². The second-order valence-corrected chi connectivity index (χ2v) is 8.27. The normalized spacial score (nSPS) is 19.8. The van der Waals surface area contributed by atoms with Crippen molar-refractivity contribution in [3.63, 3.8) is 0 Å². The van der Waals surface area contributed by atoms with Gasteiger partial charge in [-0.15, -0.1) is 0 Å². The number of halogens is 5. The summed E-state index contributed by atoms with van der Waals surface area (Å²) in [6, 6.07) is 8.53. The van der Waals surface area contributed by atoms with E-state index in [1.54, 1.807) is 24.3 Å². The fourth-order valence-electron chi connectivity index (χ4n) is 3.44. The first kappa shape index (κ1) is 20.7. The third-order valence-corrected chi connectivity index (χ3v) is 5.41. The van der Waals surface area contributed by atoms with Crippen LogP contribution in [0.1, 0.15) is 19.4 Å². The predicted octanol–water partition coefficient (Wildman–Crippen LogP) is 6.41. The van der Waals surface area contributed by atoms with E-state index >= 15 is 0 Å². The predicted molar refractivity (Wildman–Crippen MR) is 102 cm³/mol. The number of rotatable bonds is 5. The molecule has 1 fully saturated rings. The monoisotopic (exact) mass is 428 g/mol. The number of hydrogen-bond donors (Lipinski definition) is 0. The van der Waals surface area contributed by atoms with Gasteiger partial charge in [0.1, 0.15) is 28.6 Å². The van der Waals surface area contributed by atoms with Crippen LogP contribution in [0.2, 0.25) is 0 Å². The largest absolute Gasteiger partial charge is 0.460 e. The molecular weight excluding hydrogens is 412 g/mol. The Balaban J connectivity index is 1.82. The second kappa shape index (κ2) is 7.80. The lowest BCUT2D eigenvalue weighted by Crippen LogP contribution is -2.13. The molecule has 148 valence electrons. The molecule has 0 saturated heterocycles. The second-order valence-electron chi connectivity index (χ2n) is 7.26. The van der Waals surface area contributed by atoms with Crippen LogP contribution < -0.4 is 0 Å². The highest BCUT2D eigenvalue weighted by Crippen LogP contribution is 2.60. The summed E-state index contributed by atoms with van der Waals surface area (Å²) in [4.78, 5) is 12.4. The van der Waals surface area contributed by atoms with Crippen molar-refractivity contribution >= 4 is 29.2 Å². The number of ether oxygens (including phenoxy) is 1. The van der Waals surface area contributed by atoms with Gasteiger partial charge in [-0.2, -0.15) is 0 Å². The Morgan fingerprint density at radius 3 is 2.39 bits per heavy atom. The first-order valence-electron chi connectivity index (χ1n) is 8.55. The lowest BCUT2D eigenvalue weighted by Gasteiger charge is -2.12. The Kier molecular flexibility index (Phi) is 5.78. The molecule has 2 aromatic rings. The maximum Gasteiger partial charge on any atom is 0.310 e. The van der Waals surface area contributed by atoms with Gasteiger partial charge in [-0.25, -0.2) is 13.2 Å². The van der Waals surface area contributed by atoms with Gasteiger partial charge in [-0.3, -0.25) is 4.79 Å². The molecule has 1 saturated carbocycles. The summed E-state index contributed by atoms with van der Waals surface area (Å²) in [5.41, 5.74) is -1.04. The van der Waals surface area contributed by atoms with Gasteiger partial charge in [-0.1, -0.05) is 67.4 Å². The summed E-state index contributed by atoms with van der Waals surface area (Å²) in [7, 11) is 0. The molecule has 2 aromatic carbocycles. The molecule has 2 nitrogen and oxygen atoms in total. The quantitative estimate of drug-likeness (QED) is 0.514. The standard InChI is InChI=1S/C21H17Cl2F3O2/c1-21(2)13(8-16(22)23)18(21)20(27)28-10-12-14(24)9-15(25)17(19(12)26)11-6-4-3-5-7-11/h3-9,13,18H,10H2,1-2H3/t13-,18-/m0/s1. The van der Waals surface area contributed by atoms with Crippen LogP contribution in [-0.2, 0) is 16.1 Å². The van der Waals surface area contributed by atoms with Crippen LogP contribution in [0.25, 0.3) is 11.1 Å². The zero-order chi connectivity index (χ0) is 20.6. The molecule has 0 N–H and O–H groups in total. The average Bonchev–Trinajstić information content (AvgIpc) is 3.14. The molecule has 1 aliphatic rings. The Bertz CT molecular complexity index is 938. The van der Waals surface area contributed by atoms with E-state index in [-0.39, 0.29) is 21.5 Å². The number of benzene rings is 2. The zero-order valence-electron chi connectivity index (χ0n) is 15.1. The first-order valence-corrected chi connectivity index (χ1v) is 9.31. The number of carbonyl (C=O) groups is 1. The zero-order valence-corrected chi connectivity index (χ0v) is 16.6. The van der Waals surface area contributed by atoms with Gasteiger partial charge >= 0.3 is 5.97 Å². The van der Waals surface area contributed by atoms with E-state index in [2.05, 4.69) is 0 Å². The molecule has 0 aliphatic heterocycles. The van der Waals surface area contributed by atoms with E-state index in [0.29, 0.717) is 6.07 Å². The molecule has 0 aromatic heterocycles. The lowest BCUT2D eigenvalue weighted by atomic mass is 10.0. The van der Waals surface area contributed by atoms with Crippen LogP contribution in [0, 0.1) is 34.7 Å². The minimum Gasteiger partial charge on any atom is -0.460 e. The van der Waals surface area contributed by atoms with E-state index in [9.17, 15) is 18.0 Å². The van der Waals surface area contributed by atoms with Gasteiger partial charge in [0.2, 0.25) is 0 Å². The molecule has 0 unspecified atom stereocenters. The molecule has 28 heavy (non-hydrogen) atoms. The summed E-state index contributed by atoms with van der Waals surface area (Å²) >= 11 is 11.3. The van der Waals surface area contributed by atoms with Gasteiger partial charge in [0.15, 0.2) is 0 Å². The molecule has 0 heterocycles. The number of carbonyl (C=O) groups excluding carboxylic acids is 1. The van der Waals surface area contributed by atoms with Gasteiger partial charge in [-0.05, 0) is 23.0 Å².